The van der Waals surface area contributed by atoms with E-state index in [1.807, 2.05) is 0 Å². The lowest BCUT2D eigenvalue weighted by molar-refractivity contribution is 1.25. The molecule has 1 aromatic heterocycles. The standard InChI is InChI=1S/C5H4N2/c6-5-3-1-2-4-7-5/h1-4H. The van der Waals surface area contributed by atoms with Gasteiger partial charge in [0.15, 0.2) is 5.82 Å². The third-order valence-corrected chi connectivity index (χ3v) is 0.649. The van der Waals surface area contributed by atoms with Crippen molar-refractivity contribution in [1.82, 2.24) is 10.7 Å². The summed E-state index contributed by atoms with van der Waals surface area (Å²) >= 11 is 0. The van der Waals surface area contributed by atoms with Gasteiger partial charge in [-0.1, -0.05) is 6.07 Å². The van der Waals surface area contributed by atoms with Crippen LogP contribution in [-0.2, 0) is 0 Å². The molecule has 34 valence electrons. The van der Waals surface area contributed by atoms with Crippen molar-refractivity contribution in [3.63, 3.8) is 0 Å². The Morgan fingerprint density at radius 1 is 1.43 bits per heavy atom. The zero-order valence-electron chi connectivity index (χ0n) is 3.70. The summed E-state index contributed by atoms with van der Waals surface area (Å²) in [5.74, 6) is 0.0718. The van der Waals surface area contributed by atoms with E-state index in [4.69, 9.17) is 5.73 Å². The van der Waals surface area contributed by atoms with Crippen molar-refractivity contribution in [3.8, 4) is 0 Å². The van der Waals surface area contributed by atoms with Gasteiger partial charge in [0.05, 0.1) is 0 Å². The maximum atomic E-state index is 8.52. The van der Waals surface area contributed by atoms with Gasteiger partial charge in [-0.3, -0.25) is 0 Å². The Morgan fingerprint density at radius 3 is 2.57 bits per heavy atom. The second-order valence-electron chi connectivity index (χ2n) is 1.19. The molecule has 0 saturated carbocycles. The first-order chi connectivity index (χ1) is 3.39. The maximum Gasteiger partial charge on any atom is 0.174 e. The van der Waals surface area contributed by atoms with E-state index in [0.717, 1.165) is 0 Å². The van der Waals surface area contributed by atoms with Crippen LogP contribution in [-0.4, -0.2) is 4.98 Å². The first kappa shape index (κ1) is 4.12. The molecule has 0 bridgehead atoms. The summed E-state index contributed by atoms with van der Waals surface area (Å²) in [7, 11) is 0. The number of hydrogen-bond donors (Lipinski definition) is 0. The molecule has 0 atom stereocenters. The molecule has 0 fully saturated rings. The van der Waals surface area contributed by atoms with E-state index < -0.39 is 0 Å². The van der Waals surface area contributed by atoms with E-state index in [9.17, 15) is 0 Å². The highest BCUT2D eigenvalue weighted by atomic mass is 14.8. The minimum atomic E-state index is 0.0718. The fourth-order valence-corrected chi connectivity index (χ4v) is 0.354. The molecular formula is C5H4N2. The molecule has 0 aliphatic carbocycles. The summed E-state index contributed by atoms with van der Waals surface area (Å²) in [5, 5.41) is 0. The van der Waals surface area contributed by atoms with Gasteiger partial charge in [-0.15, -0.1) is 5.73 Å². The SMILES string of the molecule is [N]c1ccccn1. The van der Waals surface area contributed by atoms with Crippen LogP contribution in [0.3, 0.4) is 0 Å². The Kier molecular flexibility index (Phi) is 0.941. The lowest BCUT2D eigenvalue weighted by Crippen LogP contribution is -1.70. The predicted molar refractivity (Wildman–Crippen MR) is 26.0 cm³/mol. The maximum absolute atomic E-state index is 8.52. The predicted octanol–water partition coefficient (Wildman–Crippen LogP) is 0.782. The van der Waals surface area contributed by atoms with E-state index in [0.29, 0.717) is 0 Å². The summed E-state index contributed by atoms with van der Waals surface area (Å²) in [6, 6.07) is 5.00. The molecule has 1 rings (SSSR count). The van der Waals surface area contributed by atoms with Gasteiger partial charge in [0.25, 0.3) is 0 Å². The Labute approximate surface area is 42.0 Å². The van der Waals surface area contributed by atoms with Crippen LogP contribution in [0.1, 0.15) is 0 Å². The van der Waals surface area contributed by atoms with Crippen LogP contribution < -0.4 is 5.73 Å². The highest BCUT2D eigenvalue weighted by molar-refractivity contribution is 5.20. The average Bonchev–Trinajstić information content (AvgIpc) is 1.69. The van der Waals surface area contributed by atoms with Crippen LogP contribution in [0, 0.1) is 0 Å². The first-order valence-corrected chi connectivity index (χ1v) is 1.99. The van der Waals surface area contributed by atoms with Crippen molar-refractivity contribution in [3.05, 3.63) is 24.4 Å². The molecule has 0 amide bonds. The van der Waals surface area contributed by atoms with Crippen LogP contribution >= 0.6 is 0 Å². The Balaban J connectivity index is 3.02. The fourth-order valence-electron chi connectivity index (χ4n) is 0.354. The van der Waals surface area contributed by atoms with Crippen LogP contribution in [0.5, 0.6) is 0 Å². The third-order valence-electron chi connectivity index (χ3n) is 0.649. The monoisotopic (exact) mass is 92.0 g/mol. The summed E-state index contributed by atoms with van der Waals surface area (Å²) in [4.78, 5) is 3.53. The van der Waals surface area contributed by atoms with E-state index >= 15 is 0 Å². The molecule has 2 radical (unpaired) electrons. The van der Waals surface area contributed by atoms with E-state index in [1.165, 1.54) is 12.3 Å². The third kappa shape index (κ3) is 0.892. The summed E-state index contributed by atoms with van der Waals surface area (Å²) in [6.45, 7) is 0. The lowest BCUT2D eigenvalue weighted by atomic mass is 10.5. The van der Waals surface area contributed by atoms with Crippen molar-refractivity contribution < 1.29 is 0 Å². The number of aromatic nitrogens is 1. The van der Waals surface area contributed by atoms with Gasteiger partial charge in [0.1, 0.15) is 0 Å². The van der Waals surface area contributed by atoms with Gasteiger partial charge in [-0.25, -0.2) is 4.98 Å². The number of hydrogen-bond acceptors (Lipinski definition) is 1. The van der Waals surface area contributed by atoms with Gasteiger partial charge < -0.3 is 0 Å². The molecule has 0 unspecified atom stereocenters. The molecule has 2 nitrogen and oxygen atoms in total. The van der Waals surface area contributed by atoms with Crippen LogP contribution in [0.2, 0.25) is 0 Å². The van der Waals surface area contributed by atoms with E-state index in [2.05, 4.69) is 4.98 Å². The zero-order chi connectivity index (χ0) is 5.11. The molecule has 2 heteroatoms. The number of nitrogens with zero attached hydrogens (tertiary/aromatic N) is 2. The molecule has 0 aliphatic heterocycles. The largest absolute Gasteiger partial charge is 0.236 e. The molecule has 0 N–H and O–H groups in total. The topological polar surface area (TPSA) is 35.2 Å². The Morgan fingerprint density at radius 2 is 2.29 bits per heavy atom. The quantitative estimate of drug-likeness (QED) is 0.465. The van der Waals surface area contributed by atoms with Crippen LogP contribution in [0.4, 0.5) is 5.82 Å². The summed E-state index contributed by atoms with van der Waals surface area (Å²) in [5.41, 5.74) is 8.52. The molecule has 0 aromatic carbocycles. The van der Waals surface area contributed by atoms with Gasteiger partial charge in [-0.2, -0.15) is 0 Å². The molecular weight excluding hydrogens is 88.1 g/mol. The highest BCUT2D eigenvalue weighted by Gasteiger charge is 1.77. The van der Waals surface area contributed by atoms with Gasteiger partial charge in [0.2, 0.25) is 0 Å². The second kappa shape index (κ2) is 1.60. The zero-order valence-corrected chi connectivity index (χ0v) is 3.70. The first-order valence-electron chi connectivity index (χ1n) is 1.99. The number of rotatable bonds is 0. The molecule has 0 saturated heterocycles. The molecule has 1 aromatic rings. The van der Waals surface area contributed by atoms with Crippen LogP contribution in [0.15, 0.2) is 24.4 Å². The van der Waals surface area contributed by atoms with Crippen molar-refractivity contribution >= 4 is 5.82 Å². The Hall–Kier alpha value is -1.05. The van der Waals surface area contributed by atoms with E-state index in [-0.39, 0.29) is 5.82 Å². The van der Waals surface area contributed by atoms with Crippen molar-refractivity contribution in [1.29, 1.82) is 0 Å². The lowest BCUT2D eigenvalue weighted by Gasteiger charge is -1.78. The fraction of sp³-hybridized carbons (Fsp3) is 0. The van der Waals surface area contributed by atoms with Gasteiger partial charge in [0, 0.05) is 6.20 Å². The van der Waals surface area contributed by atoms with Crippen molar-refractivity contribution in [2.24, 2.45) is 0 Å². The average molecular weight is 92.1 g/mol. The molecule has 0 spiro atoms. The minimum Gasteiger partial charge on any atom is -0.236 e. The smallest absolute Gasteiger partial charge is 0.174 e. The highest BCUT2D eigenvalue weighted by Crippen LogP contribution is 1.92. The number of pyridine rings is 1. The minimum absolute atomic E-state index is 0.0718. The normalized spacial score (nSPS) is 8.57. The van der Waals surface area contributed by atoms with Crippen molar-refractivity contribution in [2.45, 2.75) is 0 Å². The molecule has 0 aliphatic rings. The summed E-state index contributed by atoms with van der Waals surface area (Å²) in [6.07, 6.45) is 1.54. The summed E-state index contributed by atoms with van der Waals surface area (Å²) < 4.78 is 0. The van der Waals surface area contributed by atoms with E-state index in [1.54, 1.807) is 12.1 Å². The van der Waals surface area contributed by atoms with Gasteiger partial charge >= 0.3 is 0 Å². The Bertz CT molecular complexity index is 136. The molecule has 7 heavy (non-hydrogen) atoms. The second-order valence-corrected chi connectivity index (χ2v) is 1.19. The van der Waals surface area contributed by atoms with Gasteiger partial charge in [-0.05, 0) is 12.1 Å². The van der Waals surface area contributed by atoms with Crippen LogP contribution in [0.25, 0.3) is 0 Å². The molecule has 1 heterocycles. The van der Waals surface area contributed by atoms with Crippen molar-refractivity contribution in [2.75, 3.05) is 0 Å².